The summed E-state index contributed by atoms with van der Waals surface area (Å²) in [5, 5.41) is 15.1. The summed E-state index contributed by atoms with van der Waals surface area (Å²) in [4.78, 5) is 15.9. The number of thiazole rings is 1. The van der Waals surface area contributed by atoms with Crippen molar-refractivity contribution in [3.05, 3.63) is 53.2 Å². The van der Waals surface area contributed by atoms with Gasteiger partial charge in [0.25, 0.3) is 0 Å². The molecule has 0 aromatic carbocycles. The molecule has 4 heterocycles. The number of aromatic nitrogens is 4. The molecule has 1 saturated heterocycles. The maximum absolute atomic E-state index is 9.00. The Morgan fingerprint density at radius 1 is 1.38 bits per heavy atom. The topological polar surface area (TPSA) is 82.7 Å². The summed E-state index contributed by atoms with van der Waals surface area (Å²) in [5.74, 6) is 1.71. The lowest BCUT2D eigenvalue weighted by Crippen LogP contribution is -2.24. The van der Waals surface area contributed by atoms with Crippen LogP contribution in [0.15, 0.2) is 36.1 Å². The third kappa shape index (κ3) is 3.45. The predicted octanol–water partition coefficient (Wildman–Crippen LogP) is 3.22. The molecule has 3 aromatic heterocycles. The van der Waals surface area contributed by atoms with Crippen molar-refractivity contribution in [2.75, 3.05) is 11.9 Å². The summed E-state index contributed by atoms with van der Waals surface area (Å²) in [6, 6.07) is 5.85. The van der Waals surface area contributed by atoms with E-state index in [1.807, 2.05) is 19.4 Å². The van der Waals surface area contributed by atoms with E-state index in [2.05, 4.69) is 36.2 Å². The first-order valence-corrected chi connectivity index (χ1v) is 9.40. The van der Waals surface area contributed by atoms with Crippen LogP contribution in [0.3, 0.4) is 0 Å². The van der Waals surface area contributed by atoms with Crippen molar-refractivity contribution < 1.29 is 0 Å². The molecule has 0 amide bonds. The molecule has 0 saturated carbocycles. The van der Waals surface area contributed by atoms with E-state index in [0.717, 1.165) is 36.2 Å². The first kappa shape index (κ1) is 16.7. The van der Waals surface area contributed by atoms with Gasteiger partial charge in [-0.05, 0) is 31.5 Å². The van der Waals surface area contributed by atoms with Crippen LogP contribution in [0.5, 0.6) is 0 Å². The van der Waals surface area contributed by atoms with Gasteiger partial charge in [-0.1, -0.05) is 0 Å². The highest BCUT2D eigenvalue weighted by molar-refractivity contribution is 7.13. The molecule has 8 heteroatoms. The molecule has 132 valence electrons. The molecule has 0 aliphatic carbocycles. The van der Waals surface area contributed by atoms with Crippen LogP contribution >= 0.6 is 11.3 Å². The van der Waals surface area contributed by atoms with Crippen LogP contribution in [-0.4, -0.2) is 31.0 Å². The smallest absolute Gasteiger partial charge is 0.188 e. The third-order valence-corrected chi connectivity index (χ3v) is 5.39. The van der Waals surface area contributed by atoms with E-state index < -0.39 is 0 Å². The van der Waals surface area contributed by atoms with Gasteiger partial charge in [0.15, 0.2) is 5.13 Å². The lowest BCUT2D eigenvalue weighted by molar-refractivity contribution is 0.237. The highest BCUT2D eigenvalue weighted by atomic mass is 32.1. The van der Waals surface area contributed by atoms with Gasteiger partial charge in [0.05, 0.1) is 29.9 Å². The molecule has 1 atom stereocenters. The highest BCUT2D eigenvalue weighted by Crippen LogP contribution is 2.35. The molecule has 26 heavy (non-hydrogen) atoms. The van der Waals surface area contributed by atoms with Crippen LogP contribution in [0.4, 0.5) is 10.9 Å². The molecule has 1 N–H and O–H groups in total. The summed E-state index contributed by atoms with van der Waals surface area (Å²) in [6.45, 7) is 1.89. The Bertz CT molecular complexity index is 939. The van der Waals surface area contributed by atoms with E-state index in [-0.39, 0.29) is 0 Å². The highest BCUT2D eigenvalue weighted by Gasteiger charge is 2.28. The molecule has 0 radical (unpaired) electrons. The second-order valence-electron chi connectivity index (χ2n) is 6.33. The number of pyridine rings is 1. The summed E-state index contributed by atoms with van der Waals surface area (Å²) >= 11 is 1.57. The summed E-state index contributed by atoms with van der Waals surface area (Å²) in [5.41, 5.74) is 1.66. The number of nitriles is 1. The minimum Gasteiger partial charge on any atom is -0.337 e. The van der Waals surface area contributed by atoms with Crippen molar-refractivity contribution in [1.29, 1.82) is 5.26 Å². The Hall–Kier alpha value is -2.76. The van der Waals surface area contributed by atoms with Gasteiger partial charge in [0.1, 0.15) is 11.6 Å². The maximum atomic E-state index is 9.00. The Kier molecular flexibility index (Phi) is 4.65. The van der Waals surface area contributed by atoms with E-state index in [1.54, 1.807) is 29.7 Å². The molecule has 1 fully saturated rings. The fraction of sp³-hybridized carbons (Fsp3) is 0.333. The molecular formula is C18H19N7S. The van der Waals surface area contributed by atoms with Crippen LogP contribution in [0.25, 0.3) is 0 Å². The van der Waals surface area contributed by atoms with Crippen LogP contribution < -0.4 is 5.32 Å². The van der Waals surface area contributed by atoms with Gasteiger partial charge in [0, 0.05) is 31.0 Å². The zero-order chi connectivity index (χ0) is 17.9. The SMILES string of the molecule is Cn1ccnc1CN1CCC[C@@H]1c1csc(Nc2cc(C#N)ccn2)n1. The number of likely N-dealkylation sites (tertiary alicyclic amines) is 1. The molecule has 3 aromatic rings. The summed E-state index contributed by atoms with van der Waals surface area (Å²) < 4.78 is 2.07. The predicted molar refractivity (Wildman–Crippen MR) is 99.9 cm³/mol. The number of hydrogen-bond acceptors (Lipinski definition) is 7. The fourth-order valence-corrected chi connectivity index (χ4v) is 4.02. The van der Waals surface area contributed by atoms with Crippen LogP contribution in [0.1, 0.15) is 36.0 Å². The Labute approximate surface area is 156 Å². The lowest BCUT2D eigenvalue weighted by Gasteiger charge is -2.22. The van der Waals surface area contributed by atoms with E-state index in [9.17, 15) is 0 Å². The standard InChI is InChI=1S/C18H19N7S/c1-24-8-6-21-17(24)11-25-7-2-3-15(25)14-12-26-18(22-14)23-16-9-13(10-19)4-5-20-16/h4-6,8-9,12,15H,2-3,7,11H2,1H3,(H,20,22,23)/t15-/m1/s1. The van der Waals surface area contributed by atoms with Crippen LogP contribution in [0.2, 0.25) is 0 Å². The van der Waals surface area contributed by atoms with E-state index in [0.29, 0.717) is 17.4 Å². The molecular weight excluding hydrogens is 346 g/mol. The number of imidazole rings is 1. The Morgan fingerprint density at radius 2 is 2.31 bits per heavy atom. The Morgan fingerprint density at radius 3 is 3.12 bits per heavy atom. The molecule has 0 bridgehead atoms. The quantitative estimate of drug-likeness (QED) is 0.747. The molecule has 1 aliphatic rings. The van der Waals surface area contributed by atoms with Crippen molar-refractivity contribution in [3.8, 4) is 6.07 Å². The minimum atomic E-state index is 0.317. The molecule has 0 unspecified atom stereocenters. The largest absolute Gasteiger partial charge is 0.337 e. The third-order valence-electron chi connectivity index (χ3n) is 4.62. The second kappa shape index (κ2) is 7.23. The van der Waals surface area contributed by atoms with Gasteiger partial charge in [-0.25, -0.2) is 15.0 Å². The Balaban J connectivity index is 1.48. The molecule has 7 nitrogen and oxygen atoms in total. The second-order valence-corrected chi connectivity index (χ2v) is 7.19. The van der Waals surface area contributed by atoms with E-state index in [1.165, 1.54) is 6.42 Å². The number of rotatable bonds is 5. The average molecular weight is 365 g/mol. The van der Waals surface area contributed by atoms with Crippen molar-refractivity contribution >= 4 is 22.3 Å². The van der Waals surface area contributed by atoms with E-state index in [4.69, 9.17) is 10.2 Å². The summed E-state index contributed by atoms with van der Waals surface area (Å²) in [7, 11) is 2.03. The monoisotopic (exact) mass is 365 g/mol. The number of nitrogens with zero attached hydrogens (tertiary/aromatic N) is 6. The van der Waals surface area contributed by atoms with Gasteiger partial charge in [0.2, 0.25) is 0 Å². The van der Waals surface area contributed by atoms with Gasteiger partial charge in [-0.15, -0.1) is 11.3 Å². The van der Waals surface area contributed by atoms with Gasteiger partial charge >= 0.3 is 0 Å². The normalized spacial score (nSPS) is 17.3. The first-order chi connectivity index (χ1) is 12.7. The van der Waals surface area contributed by atoms with Crippen molar-refractivity contribution in [2.24, 2.45) is 7.05 Å². The lowest BCUT2D eigenvalue weighted by atomic mass is 10.2. The average Bonchev–Trinajstić information content (AvgIpc) is 3.38. The van der Waals surface area contributed by atoms with Crippen LogP contribution in [-0.2, 0) is 13.6 Å². The van der Waals surface area contributed by atoms with Crippen LogP contribution in [0, 0.1) is 11.3 Å². The summed E-state index contributed by atoms with van der Waals surface area (Å²) in [6.07, 6.45) is 7.72. The minimum absolute atomic E-state index is 0.317. The zero-order valence-corrected chi connectivity index (χ0v) is 15.3. The van der Waals surface area contributed by atoms with Gasteiger partial charge in [-0.2, -0.15) is 5.26 Å². The molecule has 1 aliphatic heterocycles. The first-order valence-electron chi connectivity index (χ1n) is 8.52. The number of anilines is 2. The van der Waals surface area contributed by atoms with Crippen molar-refractivity contribution in [1.82, 2.24) is 24.4 Å². The van der Waals surface area contributed by atoms with Gasteiger partial charge < -0.3 is 9.88 Å². The van der Waals surface area contributed by atoms with Crippen molar-refractivity contribution in [3.63, 3.8) is 0 Å². The molecule has 4 rings (SSSR count). The zero-order valence-electron chi connectivity index (χ0n) is 14.5. The maximum Gasteiger partial charge on any atom is 0.188 e. The number of nitrogens with one attached hydrogen (secondary N) is 1. The number of aryl methyl sites for hydroxylation is 1. The van der Waals surface area contributed by atoms with Gasteiger partial charge in [-0.3, -0.25) is 4.90 Å². The van der Waals surface area contributed by atoms with E-state index >= 15 is 0 Å². The van der Waals surface area contributed by atoms with Crippen molar-refractivity contribution in [2.45, 2.75) is 25.4 Å². The molecule has 0 spiro atoms. The number of hydrogen-bond donors (Lipinski definition) is 1. The fourth-order valence-electron chi connectivity index (χ4n) is 3.26.